The highest BCUT2D eigenvalue weighted by Gasteiger charge is 2.05. The van der Waals surface area contributed by atoms with E-state index in [9.17, 15) is 0 Å². The summed E-state index contributed by atoms with van der Waals surface area (Å²) < 4.78 is 5.46. The Kier molecular flexibility index (Phi) is 6.60. The maximum Gasteiger partial charge on any atom is 0.0591 e. The summed E-state index contributed by atoms with van der Waals surface area (Å²) in [6.45, 7) is 10.4. The summed E-state index contributed by atoms with van der Waals surface area (Å²) >= 11 is 0. The molecule has 0 aliphatic heterocycles. The first-order valence-electron chi connectivity index (χ1n) is 6.23. The van der Waals surface area contributed by atoms with Crippen molar-refractivity contribution in [1.29, 1.82) is 0 Å². The highest BCUT2D eigenvalue weighted by Crippen LogP contribution is 2.15. The van der Waals surface area contributed by atoms with Crippen LogP contribution in [0, 0.1) is 6.92 Å². The van der Waals surface area contributed by atoms with Gasteiger partial charge < -0.3 is 10.1 Å². The maximum atomic E-state index is 5.46. The molecule has 0 aliphatic carbocycles. The number of nitrogens with one attached hydrogen (secondary N) is 1. The van der Waals surface area contributed by atoms with Crippen LogP contribution in [0.1, 0.15) is 30.5 Å². The lowest BCUT2D eigenvalue weighted by atomic mass is 10.0. The lowest BCUT2D eigenvalue weighted by molar-refractivity contribution is 0.138. The third-order valence-corrected chi connectivity index (χ3v) is 2.82. The van der Waals surface area contributed by atoms with E-state index in [1.165, 1.54) is 11.1 Å². The molecule has 2 nitrogen and oxygen atoms in total. The van der Waals surface area contributed by atoms with E-state index < -0.39 is 0 Å². The Morgan fingerprint density at radius 2 is 2.12 bits per heavy atom. The molecule has 1 aromatic rings. The molecule has 1 aromatic carbocycles. The van der Waals surface area contributed by atoms with Gasteiger partial charge in [0.15, 0.2) is 0 Å². The van der Waals surface area contributed by atoms with Gasteiger partial charge in [-0.3, -0.25) is 0 Å². The number of hydrogen-bond donors (Lipinski definition) is 1. The van der Waals surface area contributed by atoms with Crippen molar-refractivity contribution in [3.8, 4) is 0 Å². The molecule has 1 atom stereocenters. The first kappa shape index (κ1) is 13.9. The van der Waals surface area contributed by atoms with Gasteiger partial charge in [0.2, 0.25) is 0 Å². The fourth-order valence-corrected chi connectivity index (χ4v) is 1.80. The van der Waals surface area contributed by atoms with Crippen molar-refractivity contribution in [2.24, 2.45) is 0 Å². The molecule has 94 valence electrons. The molecule has 2 heteroatoms. The molecule has 0 spiro atoms. The zero-order chi connectivity index (χ0) is 12.5. The average molecular weight is 233 g/mol. The van der Waals surface area contributed by atoms with E-state index in [2.05, 4.69) is 50.0 Å². The molecule has 0 aromatic heterocycles. The summed E-state index contributed by atoms with van der Waals surface area (Å²) in [5.41, 5.74) is 2.69. The minimum Gasteiger partial charge on any atom is -0.380 e. The number of benzene rings is 1. The van der Waals surface area contributed by atoms with E-state index in [-0.39, 0.29) is 0 Å². The fourth-order valence-electron chi connectivity index (χ4n) is 1.80. The quantitative estimate of drug-likeness (QED) is 0.550. The zero-order valence-electron chi connectivity index (χ0n) is 10.9. The molecule has 1 unspecified atom stereocenters. The van der Waals surface area contributed by atoms with Crippen LogP contribution in [0.3, 0.4) is 0 Å². The molecule has 1 rings (SSSR count). The van der Waals surface area contributed by atoms with E-state index >= 15 is 0 Å². The van der Waals surface area contributed by atoms with Gasteiger partial charge in [0, 0.05) is 12.6 Å². The van der Waals surface area contributed by atoms with Gasteiger partial charge in [-0.15, -0.1) is 6.58 Å². The van der Waals surface area contributed by atoms with Crippen molar-refractivity contribution < 1.29 is 4.74 Å². The second-order valence-electron chi connectivity index (χ2n) is 4.22. The van der Waals surface area contributed by atoms with Crippen LogP contribution < -0.4 is 5.32 Å². The molecule has 0 heterocycles. The van der Waals surface area contributed by atoms with E-state index in [4.69, 9.17) is 4.74 Å². The van der Waals surface area contributed by atoms with Crippen molar-refractivity contribution in [1.82, 2.24) is 5.32 Å². The van der Waals surface area contributed by atoms with E-state index in [0.717, 1.165) is 26.2 Å². The molecular formula is C15H23NO. The lowest BCUT2D eigenvalue weighted by Gasteiger charge is -2.16. The van der Waals surface area contributed by atoms with E-state index in [1.807, 2.05) is 6.08 Å². The molecule has 0 saturated heterocycles. The highest BCUT2D eigenvalue weighted by molar-refractivity contribution is 5.28. The van der Waals surface area contributed by atoms with Crippen LogP contribution >= 0.6 is 0 Å². The minimum absolute atomic E-state index is 0.374. The summed E-state index contributed by atoms with van der Waals surface area (Å²) in [4.78, 5) is 0. The second kappa shape index (κ2) is 8.04. The standard InChI is InChI=1S/C15H23NO/c1-4-5-11-17-12-10-16-14(3)15-9-7-6-8-13(15)2/h4,6-9,14,16H,1,5,10-12H2,2-3H3. The van der Waals surface area contributed by atoms with Crippen LogP contribution in [0.25, 0.3) is 0 Å². The van der Waals surface area contributed by atoms with Crippen molar-refractivity contribution in [3.63, 3.8) is 0 Å². The predicted molar refractivity (Wildman–Crippen MR) is 73.2 cm³/mol. The van der Waals surface area contributed by atoms with Gasteiger partial charge in [0.1, 0.15) is 0 Å². The lowest BCUT2D eigenvalue weighted by Crippen LogP contribution is -2.23. The zero-order valence-corrected chi connectivity index (χ0v) is 10.9. The largest absolute Gasteiger partial charge is 0.380 e. The Labute approximate surface area is 105 Å². The summed E-state index contributed by atoms with van der Waals surface area (Å²) in [5.74, 6) is 0. The van der Waals surface area contributed by atoms with Crippen LogP contribution in [-0.4, -0.2) is 19.8 Å². The van der Waals surface area contributed by atoms with Crippen LogP contribution in [-0.2, 0) is 4.74 Å². The Morgan fingerprint density at radius 3 is 2.82 bits per heavy atom. The normalized spacial score (nSPS) is 12.4. The second-order valence-corrected chi connectivity index (χ2v) is 4.22. The molecule has 0 saturated carbocycles. The molecule has 1 N–H and O–H groups in total. The van der Waals surface area contributed by atoms with Gasteiger partial charge in [-0.05, 0) is 31.4 Å². The van der Waals surface area contributed by atoms with E-state index in [1.54, 1.807) is 0 Å². The van der Waals surface area contributed by atoms with Gasteiger partial charge in [-0.25, -0.2) is 0 Å². The first-order chi connectivity index (χ1) is 8.25. The van der Waals surface area contributed by atoms with Gasteiger partial charge >= 0.3 is 0 Å². The van der Waals surface area contributed by atoms with Crippen LogP contribution in [0.2, 0.25) is 0 Å². The highest BCUT2D eigenvalue weighted by atomic mass is 16.5. The minimum atomic E-state index is 0.374. The summed E-state index contributed by atoms with van der Waals surface area (Å²) in [6, 6.07) is 8.85. The Bertz CT molecular complexity index is 335. The predicted octanol–water partition coefficient (Wildman–Crippen LogP) is 3.24. The fraction of sp³-hybridized carbons (Fsp3) is 0.467. The summed E-state index contributed by atoms with van der Waals surface area (Å²) in [7, 11) is 0. The monoisotopic (exact) mass is 233 g/mol. The molecule has 0 bridgehead atoms. The van der Waals surface area contributed by atoms with E-state index in [0.29, 0.717) is 6.04 Å². The van der Waals surface area contributed by atoms with Crippen molar-refractivity contribution in [3.05, 3.63) is 48.0 Å². The summed E-state index contributed by atoms with van der Waals surface area (Å²) in [6.07, 6.45) is 2.80. The molecule has 0 radical (unpaired) electrons. The Balaban J connectivity index is 2.23. The van der Waals surface area contributed by atoms with Gasteiger partial charge in [0.05, 0.1) is 13.2 Å². The average Bonchev–Trinajstić information content (AvgIpc) is 2.34. The van der Waals surface area contributed by atoms with Crippen molar-refractivity contribution in [2.45, 2.75) is 26.3 Å². The molecule has 17 heavy (non-hydrogen) atoms. The van der Waals surface area contributed by atoms with Crippen molar-refractivity contribution >= 4 is 0 Å². The number of rotatable bonds is 8. The molecular weight excluding hydrogens is 210 g/mol. The van der Waals surface area contributed by atoms with Gasteiger partial charge in [-0.2, -0.15) is 0 Å². The number of ether oxygens (including phenoxy) is 1. The number of hydrogen-bond acceptors (Lipinski definition) is 2. The SMILES string of the molecule is C=CCCOCCNC(C)c1ccccc1C. The van der Waals surface area contributed by atoms with Crippen molar-refractivity contribution in [2.75, 3.05) is 19.8 Å². The van der Waals surface area contributed by atoms with Crippen LogP contribution in [0.5, 0.6) is 0 Å². The summed E-state index contributed by atoms with van der Waals surface area (Å²) in [5, 5.41) is 3.47. The maximum absolute atomic E-state index is 5.46. The van der Waals surface area contributed by atoms with Gasteiger partial charge in [0.25, 0.3) is 0 Å². The number of aryl methyl sites for hydroxylation is 1. The van der Waals surface area contributed by atoms with Crippen LogP contribution in [0.4, 0.5) is 0 Å². The molecule has 0 amide bonds. The van der Waals surface area contributed by atoms with Crippen LogP contribution in [0.15, 0.2) is 36.9 Å². The smallest absolute Gasteiger partial charge is 0.0591 e. The first-order valence-corrected chi connectivity index (χ1v) is 6.23. The third-order valence-electron chi connectivity index (χ3n) is 2.82. The third kappa shape index (κ3) is 5.16. The Hall–Kier alpha value is -1.12. The topological polar surface area (TPSA) is 21.3 Å². The van der Waals surface area contributed by atoms with Gasteiger partial charge in [-0.1, -0.05) is 30.3 Å². The molecule has 0 aliphatic rings. The Morgan fingerprint density at radius 1 is 1.35 bits per heavy atom. The molecule has 0 fully saturated rings.